The Kier molecular flexibility index (Phi) is 6.79. The van der Waals surface area contributed by atoms with Gasteiger partial charge in [-0.3, -0.25) is 4.79 Å². The summed E-state index contributed by atoms with van der Waals surface area (Å²) >= 11 is 6.19. The second-order valence-corrected chi connectivity index (χ2v) is 8.85. The molecule has 0 aliphatic carbocycles. The molecule has 0 bridgehead atoms. The fourth-order valence-corrected chi connectivity index (χ4v) is 4.80. The van der Waals surface area contributed by atoms with Crippen LogP contribution in [-0.2, 0) is 37.7 Å². The number of hydrogen-bond acceptors (Lipinski definition) is 5. The van der Waals surface area contributed by atoms with Crippen LogP contribution in [-0.4, -0.2) is 42.6 Å². The van der Waals surface area contributed by atoms with Crippen LogP contribution >= 0.6 is 11.6 Å². The number of alkyl halides is 3. The summed E-state index contributed by atoms with van der Waals surface area (Å²) in [5, 5.41) is 0.394. The van der Waals surface area contributed by atoms with Crippen LogP contribution in [0, 0.1) is 5.92 Å². The molecule has 1 unspecified atom stereocenters. The summed E-state index contributed by atoms with van der Waals surface area (Å²) in [6, 6.07) is 14.8. The number of benzene rings is 2. The van der Waals surface area contributed by atoms with Crippen LogP contribution in [0.3, 0.4) is 0 Å². The van der Waals surface area contributed by atoms with Crippen molar-refractivity contribution < 1.29 is 32.2 Å². The molecule has 1 saturated heterocycles. The molecule has 2 heterocycles. The van der Waals surface area contributed by atoms with Crippen molar-refractivity contribution in [1.29, 1.82) is 0 Å². The average molecular weight is 482 g/mol. The number of carbonyl (C=O) groups is 2. The fraction of sp³-hybridized carbons (Fsp3) is 0.417. The third-order valence-corrected chi connectivity index (χ3v) is 6.71. The molecule has 0 radical (unpaired) electrons. The average Bonchev–Trinajstić information content (AvgIpc) is 3.14. The van der Waals surface area contributed by atoms with Crippen LogP contribution < -0.4 is 0 Å². The normalized spacial score (nSPS) is 18.7. The largest absolute Gasteiger partial charge is 0.491 e. The van der Waals surface area contributed by atoms with Crippen molar-refractivity contribution in [3.8, 4) is 0 Å². The molecule has 2 aliphatic rings. The van der Waals surface area contributed by atoms with Crippen LogP contribution in [0.5, 0.6) is 0 Å². The summed E-state index contributed by atoms with van der Waals surface area (Å²) in [6.07, 6.45) is -3.79. The summed E-state index contributed by atoms with van der Waals surface area (Å²) in [7, 11) is 0. The van der Waals surface area contributed by atoms with Gasteiger partial charge in [0.25, 0.3) is 0 Å². The predicted molar refractivity (Wildman–Crippen MR) is 114 cm³/mol. The number of esters is 2. The monoisotopic (exact) mass is 481 g/mol. The maximum Gasteiger partial charge on any atom is 0.491 e. The van der Waals surface area contributed by atoms with E-state index in [-0.39, 0.29) is 18.6 Å². The molecule has 0 amide bonds. The third-order valence-electron chi connectivity index (χ3n) is 6.34. The number of piperidine rings is 1. The molecule has 2 aromatic rings. The van der Waals surface area contributed by atoms with Crippen molar-refractivity contribution >= 4 is 23.5 Å². The molecule has 0 saturated carbocycles. The SMILES string of the molecule is O=C(OC(=O)C(F)(F)F)C(Cc1ccccc1Cl)CN1CCC2(CC1)OCc1ccccc12. The van der Waals surface area contributed by atoms with E-state index in [1.54, 1.807) is 24.3 Å². The minimum Gasteiger partial charge on any atom is -0.386 e. The van der Waals surface area contributed by atoms with Crippen LogP contribution in [0.2, 0.25) is 5.02 Å². The second-order valence-electron chi connectivity index (χ2n) is 8.44. The van der Waals surface area contributed by atoms with Gasteiger partial charge in [-0.05, 0) is 42.0 Å². The number of halogens is 4. The van der Waals surface area contributed by atoms with Gasteiger partial charge >= 0.3 is 18.1 Å². The Labute approximate surface area is 194 Å². The maximum absolute atomic E-state index is 12.6. The van der Waals surface area contributed by atoms with Crippen LogP contribution in [0.1, 0.15) is 29.5 Å². The molecule has 0 aromatic heterocycles. The van der Waals surface area contributed by atoms with Crippen molar-refractivity contribution in [1.82, 2.24) is 4.90 Å². The van der Waals surface area contributed by atoms with E-state index in [2.05, 4.69) is 10.8 Å². The Balaban J connectivity index is 1.46. The lowest BCUT2D eigenvalue weighted by molar-refractivity contribution is -0.203. The minimum atomic E-state index is -5.24. The zero-order valence-corrected chi connectivity index (χ0v) is 18.5. The minimum absolute atomic E-state index is 0.0601. The van der Waals surface area contributed by atoms with Gasteiger partial charge in [0, 0.05) is 24.7 Å². The van der Waals surface area contributed by atoms with E-state index >= 15 is 0 Å². The maximum atomic E-state index is 12.6. The Bertz CT molecular complexity index is 1030. The first-order chi connectivity index (χ1) is 15.7. The number of hydrogen-bond donors (Lipinski definition) is 0. The molecule has 4 rings (SSSR count). The molecule has 176 valence electrons. The molecule has 0 N–H and O–H groups in total. The molecule has 2 aliphatic heterocycles. The molecule has 9 heteroatoms. The topological polar surface area (TPSA) is 55.8 Å². The van der Waals surface area contributed by atoms with Gasteiger partial charge in [0.15, 0.2) is 0 Å². The summed E-state index contributed by atoms with van der Waals surface area (Å²) in [4.78, 5) is 25.8. The van der Waals surface area contributed by atoms with E-state index < -0.39 is 24.0 Å². The van der Waals surface area contributed by atoms with E-state index in [0.29, 0.717) is 43.1 Å². The second kappa shape index (κ2) is 9.44. The van der Waals surface area contributed by atoms with Crippen LogP contribution in [0.4, 0.5) is 13.2 Å². The Morgan fingerprint density at radius 3 is 2.45 bits per heavy atom. The molecule has 2 aromatic carbocycles. The molecular weight excluding hydrogens is 459 g/mol. The van der Waals surface area contributed by atoms with Crippen LogP contribution in [0.25, 0.3) is 0 Å². The number of nitrogens with zero attached hydrogens (tertiary/aromatic N) is 1. The van der Waals surface area contributed by atoms with Gasteiger partial charge in [-0.25, -0.2) is 4.79 Å². The van der Waals surface area contributed by atoms with Gasteiger partial charge in [-0.2, -0.15) is 13.2 Å². The van der Waals surface area contributed by atoms with Crippen molar-refractivity contribution in [2.45, 2.75) is 37.6 Å². The highest BCUT2D eigenvalue weighted by Crippen LogP contribution is 2.44. The molecule has 1 fully saturated rings. The lowest BCUT2D eigenvalue weighted by Crippen LogP contribution is -2.46. The van der Waals surface area contributed by atoms with Gasteiger partial charge in [0.05, 0.1) is 18.1 Å². The third kappa shape index (κ3) is 5.23. The Morgan fingerprint density at radius 2 is 1.76 bits per heavy atom. The van der Waals surface area contributed by atoms with Crippen molar-refractivity contribution in [2.75, 3.05) is 19.6 Å². The molecular formula is C24H23ClF3NO4. The van der Waals surface area contributed by atoms with Gasteiger partial charge in [0.2, 0.25) is 0 Å². The fourth-order valence-electron chi connectivity index (χ4n) is 4.59. The number of likely N-dealkylation sites (tertiary alicyclic amines) is 1. The smallest absolute Gasteiger partial charge is 0.386 e. The van der Waals surface area contributed by atoms with Gasteiger partial charge in [-0.1, -0.05) is 54.1 Å². The standard InChI is InChI=1S/C24H23ClF3NO4/c25-20-8-4-2-5-16(20)13-18(21(30)33-22(31)24(26,27)28)14-29-11-9-23(10-12-29)19-7-3-1-6-17(19)15-32-23/h1-8,18H,9-15H2. The first-order valence-electron chi connectivity index (χ1n) is 10.7. The highest BCUT2D eigenvalue weighted by molar-refractivity contribution is 6.31. The number of fused-ring (bicyclic) bond motifs is 2. The highest BCUT2D eigenvalue weighted by atomic mass is 35.5. The van der Waals surface area contributed by atoms with E-state index in [0.717, 1.165) is 5.56 Å². The molecule has 33 heavy (non-hydrogen) atoms. The first-order valence-corrected chi connectivity index (χ1v) is 11.1. The van der Waals surface area contributed by atoms with E-state index in [1.165, 1.54) is 5.56 Å². The first kappa shape index (κ1) is 23.7. The van der Waals surface area contributed by atoms with E-state index in [1.807, 2.05) is 23.1 Å². The quantitative estimate of drug-likeness (QED) is 0.459. The van der Waals surface area contributed by atoms with Gasteiger partial charge < -0.3 is 14.4 Å². The molecule has 5 nitrogen and oxygen atoms in total. The summed E-state index contributed by atoms with van der Waals surface area (Å²) in [5.74, 6) is -4.70. The van der Waals surface area contributed by atoms with Crippen molar-refractivity contribution in [2.24, 2.45) is 5.92 Å². The Morgan fingerprint density at radius 1 is 1.09 bits per heavy atom. The number of ether oxygens (including phenoxy) is 2. The zero-order valence-electron chi connectivity index (χ0n) is 17.7. The van der Waals surface area contributed by atoms with Gasteiger partial charge in [0.1, 0.15) is 0 Å². The van der Waals surface area contributed by atoms with E-state index in [4.69, 9.17) is 16.3 Å². The highest BCUT2D eigenvalue weighted by Gasteiger charge is 2.45. The van der Waals surface area contributed by atoms with E-state index in [9.17, 15) is 22.8 Å². The number of rotatable bonds is 5. The van der Waals surface area contributed by atoms with Crippen molar-refractivity contribution in [3.05, 3.63) is 70.2 Å². The summed E-state index contributed by atoms with van der Waals surface area (Å²) in [5.41, 5.74) is 2.56. The van der Waals surface area contributed by atoms with Crippen LogP contribution in [0.15, 0.2) is 48.5 Å². The summed E-state index contributed by atoms with van der Waals surface area (Å²) in [6.45, 7) is 1.88. The molecule has 1 spiro atoms. The number of carbonyl (C=O) groups excluding carboxylic acids is 2. The summed E-state index contributed by atoms with van der Waals surface area (Å²) < 4.78 is 48.2. The lowest BCUT2D eigenvalue weighted by atomic mass is 9.83. The Hall–Kier alpha value is -2.42. The van der Waals surface area contributed by atoms with Gasteiger partial charge in [-0.15, -0.1) is 0 Å². The predicted octanol–water partition coefficient (Wildman–Crippen LogP) is 4.65. The molecule has 1 atom stereocenters. The lowest BCUT2D eigenvalue weighted by Gasteiger charge is -2.40. The zero-order chi connectivity index (χ0) is 23.6. The van der Waals surface area contributed by atoms with Crippen molar-refractivity contribution in [3.63, 3.8) is 0 Å².